The third-order valence-electron chi connectivity index (χ3n) is 3.73. The number of hydrogen-bond donors (Lipinski definition) is 2. The second kappa shape index (κ2) is 6.47. The van der Waals surface area contributed by atoms with Crippen LogP contribution in [-0.4, -0.2) is 45.4 Å². The minimum absolute atomic E-state index is 0.122. The van der Waals surface area contributed by atoms with Crippen LogP contribution in [0.2, 0.25) is 0 Å². The number of nitrogens with zero attached hydrogens (tertiary/aromatic N) is 2. The molecule has 0 aliphatic carbocycles. The van der Waals surface area contributed by atoms with Gasteiger partial charge in [0.25, 0.3) is 0 Å². The van der Waals surface area contributed by atoms with Crippen molar-refractivity contribution in [2.45, 2.75) is 64.8 Å². The second-order valence-corrected chi connectivity index (χ2v) is 6.63. The summed E-state index contributed by atoms with van der Waals surface area (Å²) >= 11 is 0. The van der Waals surface area contributed by atoms with Crippen molar-refractivity contribution in [3.8, 4) is 0 Å². The van der Waals surface area contributed by atoms with Gasteiger partial charge >= 0.3 is 6.09 Å². The Kier molecular flexibility index (Phi) is 4.88. The number of carbonyl (C=O) groups is 1. The Morgan fingerprint density at radius 1 is 1.57 bits per heavy atom. The molecule has 6 nitrogen and oxygen atoms in total. The van der Waals surface area contributed by atoms with Gasteiger partial charge in [-0.15, -0.1) is 0 Å². The van der Waals surface area contributed by atoms with E-state index in [2.05, 4.69) is 22.4 Å². The standard InChI is InChI=1S/C15H26N4O2/c1-11-13(16-10-12-7-8-17-18-12)6-5-9-19(11)14(20)21-15(2,3)4/h7-8,11,13,16H,5-6,9-10H2,1-4H3,(H,17,18)/t11-,13+/m1/s1. The number of amides is 1. The van der Waals surface area contributed by atoms with Crippen molar-refractivity contribution in [3.05, 3.63) is 18.0 Å². The smallest absolute Gasteiger partial charge is 0.410 e. The molecule has 0 saturated carbocycles. The largest absolute Gasteiger partial charge is 0.444 e. The summed E-state index contributed by atoms with van der Waals surface area (Å²) in [5.41, 5.74) is 0.601. The fourth-order valence-corrected chi connectivity index (χ4v) is 2.62. The first kappa shape index (κ1) is 15.8. The first-order valence-electron chi connectivity index (χ1n) is 7.58. The van der Waals surface area contributed by atoms with Crippen LogP contribution in [0, 0.1) is 0 Å². The van der Waals surface area contributed by atoms with Crippen molar-refractivity contribution in [2.24, 2.45) is 0 Å². The van der Waals surface area contributed by atoms with Crippen LogP contribution in [0.15, 0.2) is 12.3 Å². The molecular formula is C15H26N4O2. The molecule has 2 N–H and O–H groups in total. The van der Waals surface area contributed by atoms with E-state index in [1.807, 2.05) is 31.7 Å². The third-order valence-corrected chi connectivity index (χ3v) is 3.73. The Labute approximate surface area is 126 Å². The number of hydrogen-bond acceptors (Lipinski definition) is 4. The van der Waals surface area contributed by atoms with Crippen molar-refractivity contribution in [3.63, 3.8) is 0 Å². The van der Waals surface area contributed by atoms with E-state index in [9.17, 15) is 4.79 Å². The Balaban J connectivity index is 1.91. The molecule has 0 aromatic carbocycles. The van der Waals surface area contributed by atoms with Gasteiger partial charge in [-0.1, -0.05) is 0 Å². The van der Waals surface area contributed by atoms with Crippen LogP contribution in [0.3, 0.4) is 0 Å². The molecule has 1 aromatic heterocycles. The SMILES string of the molecule is C[C@@H]1[C@@H](NCc2ccn[nH]2)CCCN1C(=O)OC(C)(C)C. The van der Waals surface area contributed by atoms with Crippen LogP contribution in [0.5, 0.6) is 0 Å². The number of carbonyl (C=O) groups excluding carboxylic acids is 1. The predicted molar refractivity (Wildman–Crippen MR) is 80.9 cm³/mol. The van der Waals surface area contributed by atoms with Gasteiger partial charge < -0.3 is 15.0 Å². The summed E-state index contributed by atoms with van der Waals surface area (Å²) in [5.74, 6) is 0. The van der Waals surface area contributed by atoms with Gasteiger partial charge in [0.05, 0.1) is 0 Å². The lowest BCUT2D eigenvalue weighted by atomic mass is 9.98. The van der Waals surface area contributed by atoms with Crippen molar-refractivity contribution in [2.75, 3.05) is 6.54 Å². The highest BCUT2D eigenvalue weighted by Crippen LogP contribution is 2.21. The maximum Gasteiger partial charge on any atom is 0.410 e. The summed E-state index contributed by atoms with van der Waals surface area (Å²) < 4.78 is 5.49. The predicted octanol–water partition coefficient (Wildman–Crippen LogP) is 2.29. The summed E-state index contributed by atoms with van der Waals surface area (Å²) in [6.45, 7) is 9.26. The minimum atomic E-state index is -0.451. The van der Waals surface area contributed by atoms with Crippen LogP contribution in [0.25, 0.3) is 0 Å². The summed E-state index contributed by atoms with van der Waals surface area (Å²) in [6, 6.07) is 2.35. The highest BCUT2D eigenvalue weighted by Gasteiger charge is 2.33. The van der Waals surface area contributed by atoms with Crippen molar-refractivity contribution >= 4 is 6.09 Å². The quantitative estimate of drug-likeness (QED) is 0.897. The molecule has 1 aromatic rings. The number of nitrogens with one attached hydrogen (secondary N) is 2. The van der Waals surface area contributed by atoms with Gasteiger partial charge in [0.15, 0.2) is 0 Å². The molecule has 2 heterocycles. The molecule has 2 rings (SSSR count). The van der Waals surface area contributed by atoms with Gasteiger partial charge in [0.2, 0.25) is 0 Å². The molecule has 0 radical (unpaired) electrons. The van der Waals surface area contributed by atoms with Crippen LogP contribution in [-0.2, 0) is 11.3 Å². The summed E-state index contributed by atoms with van der Waals surface area (Å²) in [5, 5.41) is 10.4. The second-order valence-electron chi connectivity index (χ2n) is 6.63. The van der Waals surface area contributed by atoms with E-state index in [4.69, 9.17) is 4.74 Å². The van der Waals surface area contributed by atoms with Gasteiger partial charge in [-0.05, 0) is 46.6 Å². The first-order valence-corrected chi connectivity index (χ1v) is 7.58. The zero-order chi connectivity index (χ0) is 15.5. The van der Waals surface area contributed by atoms with Crippen LogP contribution >= 0.6 is 0 Å². The average Bonchev–Trinajstić information content (AvgIpc) is 2.88. The Bertz CT molecular complexity index is 453. The molecule has 1 aliphatic heterocycles. The van der Waals surface area contributed by atoms with E-state index in [0.29, 0.717) is 0 Å². The molecular weight excluding hydrogens is 268 g/mol. The fraction of sp³-hybridized carbons (Fsp3) is 0.733. The van der Waals surface area contributed by atoms with E-state index in [-0.39, 0.29) is 18.2 Å². The Morgan fingerprint density at radius 3 is 2.95 bits per heavy atom. The zero-order valence-corrected chi connectivity index (χ0v) is 13.3. The Hall–Kier alpha value is -1.56. The number of piperidine rings is 1. The molecule has 2 atom stereocenters. The van der Waals surface area contributed by atoms with Crippen molar-refractivity contribution in [1.29, 1.82) is 0 Å². The zero-order valence-electron chi connectivity index (χ0n) is 13.3. The number of aromatic amines is 1. The minimum Gasteiger partial charge on any atom is -0.444 e. The average molecular weight is 294 g/mol. The number of ether oxygens (including phenoxy) is 1. The van der Waals surface area contributed by atoms with Crippen LogP contribution < -0.4 is 5.32 Å². The topological polar surface area (TPSA) is 70.2 Å². The van der Waals surface area contributed by atoms with E-state index in [1.165, 1.54) is 0 Å². The molecule has 0 unspecified atom stereocenters. The normalized spacial score (nSPS) is 23.1. The molecule has 1 aliphatic rings. The van der Waals surface area contributed by atoms with Gasteiger partial charge in [-0.2, -0.15) is 5.10 Å². The molecule has 118 valence electrons. The lowest BCUT2D eigenvalue weighted by Gasteiger charge is -2.40. The highest BCUT2D eigenvalue weighted by atomic mass is 16.6. The first-order chi connectivity index (χ1) is 9.87. The van der Waals surface area contributed by atoms with E-state index in [1.54, 1.807) is 6.20 Å². The van der Waals surface area contributed by atoms with Crippen LogP contribution in [0.4, 0.5) is 4.79 Å². The summed E-state index contributed by atoms with van der Waals surface area (Å²) in [4.78, 5) is 14.1. The van der Waals surface area contributed by atoms with Crippen molar-refractivity contribution in [1.82, 2.24) is 20.4 Å². The van der Waals surface area contributed by atoms with E-state index in [0.717, 1.165) is 31.6 Å². The molecule has 6 heteroatoms. The van der Waals surface area contributed by atoms with E-state index < -0.39 is 5.60 Å². The maximum atomic E-state index is 12.3. The fourth-order valence-electron chi connectivity index (χ4n) is 2.62. The highest BCUT2D eigenvalue weighted by molar-refractivity contribution is 5.68. The number of H-pyrrole nitrogens is 1. The van der Waals surface area contributed by atoms with Crippen molar-refractivity contribution < 1.29 is 9.53 Å². The molecule has 1 amide bonds. The van der Waals surface area contributed by atoms with E-state index >= 15 is 0 Å². The van der Waals surface area contributed by atoms with Gasteiger partial charge in [0.1, 0.15) is 5.60 Å². The number of aromatic nitrogens is 2. The lowest BCUT2D eigenvalue weighted by molar-refractivity contribution is 0.00697. The van der Waals surface area contributed by atoms with Crippen LogP contribution in [0.1, 0.15) is 46.2 Å². The van der Waals surface area contributed by atoms with Gasteiger partial charge in [0, 0.05) is 37.1 Å². The summed E-state index contributed by atoms with van der Waals surface area (Å²) in [7, 11) is 0. The molecule has 1 saturated heterocycles. The molecule has 21 heavy (non-hydrogen) atoms. The molecule has 1 fully saturated rings. The Morgan fingerprint density at radius 2 is 2.33 bits per heavy atom. The van der Waals surface area contributed by atoms with Gasteiger partial charge in [-0.3, -0.25) is 5.10 Å². The molecule has 0 spiro atoms. The molecule has 0 bridgehead atoms. The monoisotopic (exact) mass is 294 g/mol. The maximum absolute atomic E-state index is 12.3. The summed E-state index contributed by atoms with van der Waals surface area (Å²) in [6.07, 6.45) is 3.58. The number of rotatable bonds is 3. The third kappa shape index (κ3) is 4.46. The van der Waals surface area contributed by atoms with Gasteiger partial charge in [-0.25, -0.2) is 4.79 Å². The lowest BCUT2D eigenvalue weighted by Crippen LogP contribution is -2.55. The number of likely N-dealkylation sites (tertiary alicyclic amines) is 1.